The molecule has 0 aromatic carbocycles. The van der Waals surface area contributed by atoms with Gasteiger partial charge in [0.2, 0.25) is 5.91 Å². The molecule has 3 N–H and O–H groups in total. The van der Waals surface area contributed by atoms with Gasteiger partial charge in [0.25, 0.3) is 0 Å². The van der Waals surface area contributed by atoms with Crippen LogP contribution in [0.1, 0.15) is 27.2 Å². The maximum absolute atomic E-state index is 10.5. The highest BCUT2D eigenvalue weighted by molar-refractivity contribution is 5.86. The lowest BCUT2D eigenvalue weighted by molar-refractivity contribution is -0.118. The molecule has 1 amide bonds. The highest BCUT2D eigenvalue weighted by atomic mass is 16.6. The van der Waals surface area contributed by atoms with Gasteiger partial charge in [-0.3, -0.25) is 4.79 Å². The Hall–Kier alpha value is -1.26. The van der Waals surface area contributed by atoms with Crippen LogP contribution < -0.4 is 11.1 Å². The molecule has 13 heavy (non-hydrogen) atoms. The van der Waals surface area contributed by atoms with Gasteiger partial charge >= 0.3 is 0 Å². The number of nitrogens with zero attached hydrogens (tertiary/aromatic N) is 1. The van der Waals surface area contributed by atoms with Crippen LogP contribution in [0.25, 0.3) is 0 Å². The highest BCUT2D eigenvalue weighted by Crippen LogP contribution is 1.95. The number of nitrogens with two attached hydrogens (primary N) is 1. The Labute approximate surface area is 78.3 Å². The van der Waals surface area contributed by atoms with Crippen LogP contribution in [-0.2, 0) is 9.63 Å². The number of nitrogens with one attached hydrogen (secondary N) is 1. The Morgan fingerprint density at radius 2 is 2.31 bits per heavy atom. The van der Waals surface area contributed by atoms with Gasteiger partial charge in [0, 0.05) is 6.92 Å². The van der Waals surface area contributed by atoms with Gasteiger partial charge in [0.05, 0.1) is 6.54 Å². The first kappa shape index (κ1) is 11.7. The molecule has 0 aliphatic heterocycles. The summed E-state index contributed by atoms with van der Waals surface area (Å²) >= 11 is 0. The van der Waals surface area contributed by atoms with Gasteiger partial charge in [0.15, 0.2) is 5.84 Å². The van der Waals surface area contributed by atoms with Crippen molar-refractivity contribution in [2.75, 3.05) is 6.54 Å². The lowest BCUT2D eigenvalue weighted by Gasteiger charge is -2.07. The molecular formula is C8H17N3O2. The number of hydrogen-bond donors (Lipinski definition) is 2. The average molecular weight is 187 g/mol. The molecule has 0 aromatic heterocycles. The van der Waals surface area contributed by atoms with Gasteiger partial charge in [0.1, 0.15) is 6.10 Å². The molecule has 0 saturated heterocycles. The van der Waals surface area contributed by atoms with Crippen molar-refractivity contribution >= 4 is 11.7 Å². The van der Waals surface area contributed by atoms with Gasteiger partial charge < -0.3 is 15.9 Å². The summed E-state index contributed by atoms with van der Waals surface area (Å²) < 4.78 is 0. The lowest BCUT2D eigenvalue weighted by Crippen LogP contribution is -2.32. The first-order valence-electron chi connectivity index (χ1n) is 4.28. The molecule has 1 unspecified atom stereocenters. The van der Waals surface area contributed by atoms with Crippen molar-refractivity contribution in [1.82, 2.24) is 5.32 Å². The molecule has 0 radical (unpaired) electrons. The molecule has 5 heteroatoms. The van der Waals surface area contributed by atoms with E-state index in [0.29, 0.717) is 0 Å². The Morgan fingerprint density at radius 1 is 1.69 bits per heavy atom. The molecule has 0 heterocycles. The summed E-state index contributed by atoms with van der Waals surface area (Å²) in [5.74, 6) is 0.136. The predicted molar refractivity (Wildman–Crippen MR) is 51.1 cm³/mol. The zero-order valence-corrected chi connectivity index (χ0v) is 8.33. The van der Waals surface area contributed by atoms with Crippen LogP contribution in [0.15, 0.2) is 5.16 Å². The molecule has 0 aromatic rings. The summed E-state index contributed by atoms with van der Waals surface area (Å²) in [6.45, 7) is 5.54. The maximum atomic E-state index is 10.5. The molecule has 0 saturated carbocycles. The van der Waals surface area contributed by atoms with E-state index in [0.717, 1.165) is 6.42 Å². The fraction of sp³-hybridized carbons (Fsp3) is 0.750. The van der Waals surface area contributed by atoms with Crippen LogP contribution in [0.4, 0.5) is 0 Å². The largest absolute Gasteiger partial charge is 0.391 e. The Balaban J connectivity index is 3.68. The minimum atomic E-state index is -0.137. The third-order valence-electron chi connectivity index (χ3n) is 1.44. The van der Waals surface area contributed by atoms with Gasteiger partial charge in [-0.15, -0.1) is 0 Å². The molecule has 0 rings (SSSR count). The van der Waals surface area contributed by atoms with E-state index in [2.05, 4.69) is 10.5 Å². The Morgan fingerprint density at radius 3 is 2.77 bits per heavy atom. The van der Waals surface area contributed by atoms with Gasteiger partial charge in [-0.1, -0.05) is 12.1 Å². The third-order valence-corrected chi connectivity index (χ3v) is 1.44. The van der Waals surface area contributed by atoms with Crippen molar-refractivity contribution in [2.24, 2.45) is 10.9 Å². The summed E-state index contributed by atoms with van der Waals surface area (Å²) in [4.78, 5) is 15.5. The summed E-state index contributed by atoms with van der Waals surface area (Å²) in [5.41, 5.74) is 5.44. The molecule has 0 aliphatic rings. The SMILES string of the molecule is CCC(C)O/N=C(\N)CNC(C)=O. The van der Waals surface area contributed by atoms with E-state index < -0.39 is 0 Å². The molecule has 5 nitrogen and oxygen atoms in total. The smallest absolute Gasteiger partial charge is 0.217 e. The number of carbonyl (C=O) groups excluding carboxylic acids is 1. The van der Waals surface area contributed by atoms with E-state index in [4.69, 9.17) is 10.6 Å². The second-order valence-corrected chi connectivity index (χ2v) is 2.82. The zero-order chi connectivity index (χ0) is 10.3. The van der Waals surface area contributed by atoms with E-state index >= 15 is 0 Å². The number of hydrogen-bond acceptors (Lipinski definition) is 3. The van der Waals surface area contributed by atoms with Crippen molar-refractivity contribution in [1.29, 1.82) is 0 Å². The fourth-order valence-corrected chi connectivity index (χ4v) is 0.480. The standard InChI is InChI=1S/C8H17N3O2/c1-4-6(2)13-11-8(9)5-10-7(3)12/h6H,4-5H2,1-3H3,(H2,9,11)(H,10,12). The molecule has 76 valence electrons. The normalized spacial score (nSPS) is 13.6. The molecule has 1 atom stereocenters. The van der Waals surface area contributed by atoms with Crippen LogP contribution in [0.5, 0.6) is 0 Å². The summed E-state index contributed by atoms with van der Waals surface area (Å²) in [6, 6.07) is 0. The first-order valence-corrected chi connectivity index (χ1v) is 4.28. The minimum Gasteiger partial charge on any atom is -0.391 e. The number of oxime groups is 1. The van der Waals surface area contributed by atoms with Gasteiger partial charge in [-0.2, -0.15) is 0 Å². The zero-order valence-electron chi connectivity index (χ0n) is 8.33. The molecular weight excluding hydrogens is 170 g/mol. The van der Waals surface area contributed by atoms with E-state index in [1.54, 1.807) is 0 Å². The highest BCUT2D eigenvalue weighted by Gasteiger charge is 1.98. The lowest BCUT2D eigenvalue weighted by atomic mass is 10.3. The van der Waals surface area contributed by atoms with E-state index in [-0.39, 0.29) is 24.4 Å². The summed E-state index contributed by atoms with van der Waals surface area (Å²) in [6.07, 6.45) is 0.924. The summed E-state index contributed by atoms with van der Waals surface area (Å²) in [5, 5.41) is 6.16. The average Bonchev–Trinajstić information content (AvgIpc) is 2.10. The Bertz CT molecular complexity index is 192. The van der Waals surface area contributed by atoms with E-state index in [9.17, 15) is 4.79 Å². The first-order chi connectivity index (χ1) is 6.06. The van der Waals surface area contributed by atoms with E-state index in [1.165, 1.54) is 6.92 Å². The van der Waals surface area contributed by atoms with Crippen LogP contribution >= 0.6 is 0 Å². The van der Waals surface area contributed by atoms with Gasteiger partial charge in [-0.05, 0) is 13.3 Å². The topological polar surface area (TPSA) is 76.7 Å². The van der Waals surface area contributed by atoms with Crippen LogP contribution in [0, 0.1) is 0 Å². The second kappa shape index (κ2) is 6.28. The molecule has 0 spiro atoms. The quantitative estimate of drug-likeness (QED) is 0.367. The van der Waals surface area contributed by atoms with Gasteiger partial charge in [-0.25, -0.2) is 0 Å². The fourth-order valence-electron chi connectivity index (χ4n) is 0.480. The van der Waals surface area contributed by atoms with Crippen LogP contribution in [-0.4, -0.2) is 24.4 Å². The third kappa shape index (κ3) is 7.11. The maximum Gasteiger partial charge on any atom is 0.217 e. The number of rotatable bonds is 5. The second-order valence-electron chi connectivity index (χ2n) is 2.82. The number of amides is 1. The predicted octanol–water partition coefficient (Wildman–Crippen LogP) is 0.210. The number of carbonyl (C=O) groups is 1. The summed E-state index contributed by atoms with van der Waals surface area (Å²) in [7, 11) is 0. The van der Waals surface area contributed by atoms with Crippen molar-refractivity contribution in [2.45, 2.75) is 33.3 Å². The van der Waals surface area contributed by atoms with E-state index in [1.807, 2.05) is 13.8 Å². The molecule has 0 aliphatic carbocycles. The minimum absolute atomic E-state index is 0.0517. The number of amidine groups is 1. The van der Waals surface area contributed by atoms with Crippen molar-refractivity contribution in [3.8, 4) is 0 Å². The van der Waals surface area contributed by atoms with Crippen molar-refractivity contribution < 1.29 is 9.63 Å². The molecule has 0 bridgehead atoms. The van der Waals surface area contributed by atoms with Crippen molar-refractivity contribution in [3.63, 3.8) is 0 Å². The van der Waals surface area contributed by atoms with Crippen LogP contribution in [0.3, 0.4) is 0 Å². The van der Waals surface area contributed by atoms with Crippen LogP contribution in [0.2, 0.25) is 0 Å². The van der Waals surface area contributed by atoms with Crippen molar-refractivity contribution in [3.05, 3.63) is 0 Å². The Kier molecular flexibility index (Phi) is 5.67. The molecule has 0 fully saturated rings. The monoisotopic (exact) mass is 187 g/mol.